The number of rotatable bonds is 0. The van der Waals surface area contributed by atoms with Gasteiger partial charge in [0.25, 0.3) is 0 Å². The first-order valence-electron chi connectivity index (χ1n) is 8.86. The third-order valence-corrected chi connectivity index (χ3v) is 7.69. The summed E-state index contributed by atoms with van der Waals surface area (Å²) in [6.07, 6.45) is 16.5. The van der Waals surface area contributed by atoms with Crippen LogP contribution < -0.4 is 0 Å². The fraction of sp³-hybridized carbons (Fsp3) is 0.895. The van der Waals surface area contributed by atoms with Crippen LogP contribution in [-0.4, -0.2) is 0 Å². The molecule has 0 radical (unpaired) electrons. The van der Waals surface area contributed by atoms with E-state index in [0.29, 0.717) is 10.8 Å². The summed E-state index contributed by atoms with van der Waals surface area (Å²) in [6, 6.07) is 0. The van der Waals surface area contributed by atoms with Gasteiger partial charge in [-0.05, 0) is 74.0 Å². The van der Waals surface area contributed by atoms with E-state index >= 15 is 0 Å². The molecule has 0 amide bonds. The van der Waals surface area contributed by atoms with E-state index in [2.05, 4.69) is 13.8 Å². The quantitative estimate of drug-likeness (QED) is 0.476. The molecular formula is C19H30. The van der Waals surface area contributed by atoms with Gasteiger partial charge in [-0.15, -0.1) is 0 Å². The summed E-state index contributed by atoms with van der Waals surface area (Å²) in [5.41, 5.74) is 5.27. The van der Waals surface area contributed by atoms with Crippen LogP contribution in [0.5, 0.6) is 0 Å². The number of fused-ring (bicyclic) bond motifs is 4. The maximum atomic E-state index is 2.64. The Morgan fingerprint density at radius 1 is 0.842 bits per heavy atom. The van der Waals surface area contributed by atoms with Gasteiger partial charge in [-0.1, -0.05) is 44.3 Å². The Morgan fingerprint density at radius 3 is 2.63 bits per heavy atom. The van der Waals surface area contributed by atoms with Crippen LogP contribution in [0, 0.1) is 22.7 Å². The minimum Gasteiger partial charge on any atom is -0.0668 e. The normalized spacial score (nSPS) is 49.6. The zero-order valence-electron chi connectivity index (χ0n) is 12.9. The van der Waals surface area contributed by atoms with Gasteiger partial charge >= 0.3 is 0 Å². The molecule has 2 saturated carbocycles. The molecule has 0 aromatic heterocycles. The Balaban J connectivity index is 1.76. The second-order valence-electron chi connectivity index (χ2n) is 8.50. The van der Waals surface area contributed by atoms with Gasteiger partial charge in [0.2, 0.25) is 0 Å². The van der Waals surface area contributed by atoms with E-state index in [1.54, 1.807) is 0 Å². The van der Waals surface area contributed by atoms with Crippen molar-refractivity contribution in [1.82, 2.24) is 0 Å². The zero-order chi connectivity index (χ0) is 13.1. The molecule has 0 nitrogen and oxygen atoms in total. The molecule has 4 atom stereocenters. The van der Waals surface area contributed by atoms with Crippen LogP contribution in [0.3, 0.4) is 0 Å². The lowest BCUT2D eigenvalue weighted by Gasteiger charge is -2.53. The molecule has 0 saturated heterocycles. The average molecular weight is 258 g/mol. The molecule has 0 aromatic carbocycles. The van der Waals surface area contributed by atoms with Gasteiger partial charge in [0.1, 0.15) is 0 Å². The first-order chi connectivity index (χ1) is 9.13. The summed E-state index contributed by atoms with van der Waals surface area (Å²) < 4.78 is 0. The van der Waals surface area contributed by atoms with Crippen molar-refractivity contribution < 1.29 is 0 Å². The van der Waals surface area contributed by atoms with Crippen molar-refractivity contribution in [2.45, 2.75) is 84.5 Å². The summed E-state index contributed by atoms with van der Waals surface area (Å²) in [7, 11) is 0. The van der Waals surface area contributed by atoms with E-state index in [4.69, 9.17) is 0 Å². The highest BCUT2D eigenvalue weighted by molar-refractivity contribution is 5.33. The molecule has 19 heavy (non-hydrogen) atoms. The van der Waals surface area contributed by atoms with E-state index in [9.17, 15) is 0 Å². The Labute approximate surface area is 119 Å². The smallest absolute Gasteiger partial charge is 0.00852 e. The van der Waals surface area contributed by atoms with Gasteiger partial charge in [-0.3, -0.25) is 0 Å². The lowest BCUT2D eigenvalue weighted by Crippen LogP contribution is -2.41. The second-order valence-corrected chi connectivity index (χ2v) is 8.50. The second kappa shape index (κ2) is 4.12. The first-order valence-corrected chi connectivity index (χ1v) is 8.86. The highest BCUT2D eigenvalue weighted by Crippen LogP contribution is 2.63. The average Bonchev–Trinajstić information content (AvgIpc) is 2.79. The van der Waals surface area contributed by atoms with Crippen molar-refractivity contribution in [3.05, 3.63) is 11.1 Å². The van der Waals surface area contributed by atoms with Gasteiger partial charge in [-0.2, -0.15) is 0 Å². The van der Waals surface area contributed by atoms with Crippen LogP contribution in [0.15, 0.2) is 11.1 Å². The molecule has 0 aromatic rings. The molecule has 106 valence electrons. The van der Waals surface area contributed by atoms with E-state index < -0.39 is 0 Å². The molecule has 0 heterocycles. The number of hydrogen-bond acceptors (Lipinski definition) is 0. The number of allylic oxidation sites excluding steroid dienone is 2. The first kappa shape index (κ1) is 12.5. The van der Waals surface area contributed by atoms with Gasteiger partial charge in [-0.25, -0.2) is 0 Å². The van der Waals surface area contributed by atoms with Crippen LogP contribution in [0.1, 0.15) is 84.5 Å². The SMILES string of the molecule is C[C@@]12CCC[C@H]1C1=C(CC2)[C@@]2(C)CCCCC2CC1. The largest absolute Gasteiger partial charge is 0.0668 e. The molecule has 4 rings (SSSR count). The van der Waals surface area contributed by atoms with E-state index in [1.807, 2.05) is 11.1 Å². The third kappa shape index (κ3) is 1.64. The standard InChI is InChI=1S/C19H30/c1-18-11-5-7-16(18)15-9-8-14-6-3-4-12-19(14,2)17(15)10-13-18/h14,16H,3-13H2,1-2H3/t14?,16-,18-,19-/m0/s1. The van der Waals surface area contributed by atoms with Crippen LogP contribution >= 0.6 is 0 Å². The molecule has 0 spiro atoms. The Morgan fingerprint density at radius 2 is 1.74 bits per heavy atom. The summed E-state index contributed by atoms with van der Waals surface area (Å²) in [5, 5.41) is 0. The van der Waals surface area contributed by atoms with E-state index in [1.165, 1.54) is 70.6 Å². The minimum atomic E-state index is 0.621. The molecule has 0 aliphatic heterocycles. The molecule has 4 aliphatic carbocycles. The fourth-order valence-electron chi connectivity index (χ4n) is 6.48. The molecule has 1 unspecified atom stereocenters. The molecule has 2 fully saturated rings. The summed E-state index contributed by atoms with van der Waals surface area (Å²) >= 11 is 0. The topological polar surface area (TPSA) is 0 Å². The zero-order valence-corrected chi connectivity index (χ0v) is 12.9. The molecule has 0 heteroatoms. The van der Waals surface area contributed by atoms with Crippen molar-refractivity contribution in [3.8, 4) is 0 Å². The molecule has 0 N–H and O–H groups in total. The van der Waals surface area contributed by atoms with Gasteiger partial charge < -0.3 is 0 Å². The lowest BCUT2D eigenvalue weighted by molar-refractivity contribution is 0.0996. The lowest BCUT2D eigenvalue weighted by atomic mass is 9.52. The maximum Gasteiger partial charge on any atom is -0.00852 e. The molecular weight excluding hydrogens is 228 g/mol. The third-order valence-electron chi connectivity index (χ3n) is 7.69. The maximum absolute atomic E-state index is 2.64. The Bertz CT molecular complexity index is 418. The summed E-state index contributed by atoms with van der Waals surface area (Å²) in [5.74, 6) is 2.02. The van der Waals surface area contributed by atoms with E-state index in [0.717, 1.165) is 11.8 Å². The summed E-state index contributed by atoms with van der Waals surface area (Å²) in [4.78, 5) is 0. The highest BCUT2D eigenvalue weighted by Gasteiger charge is 2.51. The predicted octanol–water partition coefficient (Wildman–Crippen LogP) is 5.87. The minimum absolute atomic E-state index is 0.621. The van der Waals surface area contributed by atoms with Crippen LogP contribution in [-0.2, 0) is 0 Å². The van der Waals surface area contributed by atoms with Gasteiger partial charge in [0.15, 0.2) is 0 Å². The number of hydrogen-bond donors (Lipinski definition) is 0. The van der Waals surface area contributed by atoms with Crippen molar-refractivity contribution in [2.24, 2.45) is 22.7 Å². The van der Waals surface area contributed by atoms with Gasteiger partial charge in [0.05, 0.1) is 0 Å². The summed E-state index contributed by atoms with van der Waals surface area (Å²) in [6.45, 7) is 5.24. The highest BCUT2D eigenvalue weighted by atomic mass is 14.6. The fourth-order valence-corrected chi connectivity index (χ4v) is 6.48. The molecule has 0 bridgehead atoms. The van der Waals surface area contributed by atoms with Crippen molar-refractivity contribution in [1.29, 1.82) is 0 Å². The van der Waals surface area contributed by atoms with Crippen molar-refractivity contribution in [2.75, 3.05) is 0 Å². The predicted molar refractivity (Wildman–Crippen MR) is 81.0 cm³/mol. The molecule has 4 aliphatic rings. The Kier molecular flexibility index (Phi) is 2.71. The van der Waals surface area contributed by atoms with Crippen LogP contribution in [0.4, 0.5) is 0 Å². The van der Waals surface area contributed by atoms with Crippen molar-refractivity contribution in [3.63, 3.8) is 0 Å². The van der Waals surface area contributed by atoms with Crippen molar-refractivity contribution >= 4 is 0 Å². The Hall–Kier alpha value is -0.260. The van der Waals surface area contributed by atoms with Crippen LogP contribution in [0.25, 0.3) is 0 Å². The monoisotopic (exact) mass is 258 g/mol. The van der Waals surface area contributed by atoms with Gasteiger partial charge in [0, 0.05) is 0 Å². The van der Waals surface area contributed by atoms with E-state index in [-0.39, 0.29) is 0 Å². The van der Waals surface area contributed by atoms with Crippen LogP contribution in [0.2, 0.25) is 0 Å².